The first-order chi connectivity index (χ1) is 4.68. The Kier molecular flexibility index (Phi) is 5.36. The second-order valence-electron chi connectivity index (χ2n) is 2.17. The number of allylic oxidation sites excluding steroid dienone is 3. The molecule has 0 aromatic rings. The molecule has 0 heterocycles. The molecule has 0 aliphatic rings. The minimum Gasteiger partial charge on any atom is -0.389 e. The van der Waals surface area contributed by atoms with Crippen LogP contribution in [0.3, 0.4) is 0 Å². The lowest BCUT2D eigenvalue weighted by atomic mass is 10.2. The molecule has 0 rings (SSSR count). The number of alkyl halides is 1. The summed E-state index contributed by atoms with van der Waals surface area (Å²) in [4.78, 5) is 0. The molecule has 0 bridgehead atoms. The quantitative estimate of drug-likeness (QED) is 0.495. The lowest BCUT2D eigenvalue weighted by Gasteiger charge is -2.00. The van der Waals surface area contributed by atoms with Gasteiger partial charge in [0.25, 0.3) is 0 Å². The van der Waals surface area contributed by atoms with Gasteiger partial charge in [0.15, 0.2) is 0 Å². The highest BCUT2D eigenvalue weighted by molar-refractivity contribution is 6.18. The molecule has 0 radical (unpaired) electrons. The molecule has 0 saturated carbocycles. The van der Waals surface area contributed by atoms with Gasteiger partial charge >= 0.3 is 0 Å². The third-order valence-electron chi connectivity index (χ3n) is 1.24. The van der Waals surface area contributed by atoms with Crippen molar-refractivity contribution in [1.29, 1.82) is 0 Å². The smallest absolute Gasteiger partial charge is 0.0722 e. The summed E-state index contributed by atoms with van der Waals surface area (Å²) in [6.45, 7) is 3.61. The van der Waals surface area contributed by atoms with Crippen LogP contribution in [0.5, 0.6) is 0 Å². The van der Waals surface area contributed by atoms with Gasteiger partial charge < -0.3 is 5.11 Å². The predicted molar refractivity (Wildman–Crippen MR) is 45.3 cm³/mol. The summed E-state index contributed by atoms with van der Waals surface area (Å²) in [5.41, 5.74) is 0.946. The summed E-state index contributed by atoms with van der Waals surface area (Å²) in [5.74, 6) is 0.517. The first-order valence-corrected chi connectivity index (χ1v) is 3.79. The molecule has 1 N–H and O–H groups in total. The van der Waals surface area contributed by atoms with Crippen molar-refractivity contribution in [2.24, 2.45) is 0 Å². The normalized spacial score (nSPS) is 16.2. The van der Waals surface area contributed by atoms with E-state index in [-0.39, 0.29) is 6.10 Å². The first-order valence-electron chi connectivity index (χ1n) is 3.26. The van der Waals surface area contributed by atoms with Crippen molar-refractivity contribution in [2.45, 2.75) is 20.0 Å². The van der Waals surface area contributed by atoms with E-state index in [9.17, 15) is 0 Å². The zero-order chi connectivity index (χ0) is 7.98. The maximum atomic E-state index is 8.99. The van der Waals surface area contributed by atoms with E-state index in [0.717, 1.165) is 5.57 Å². The summed E-state index contributed by atoms with van der Waals surface area (Å²) >= 11 is 5.39. The van der Waals surface area contributed by atoms with E-state index in [2.05, 4.69) is 0 Å². The van der Waals surface area contributed by atoms with E-state index in [1.165, 1.54) is 0 Å². The number of hydrogen-bond donors (Lipinski definition) is 1. The molecule has 0 spiro atoms. The Morgan fingerprint density at radius 1 is 1.70 bits per heavy atom. The average Bonchev–Trinajstić information content (AvgIpc) is 1.88. The maximum Gasteiger partial charge on any atom is 0.0722 e. The molecule has 2 heteroatoms. The minimum absolute atomic E-state index is 0.361. The van der Waals surface area contributed by atoms with Crippen LogP contribution in [0.4, 0.5) is 0 Å². The highest BCUT2D eigenvalue weighted by Crippen LogP contribution is 1.99. The highest BCUT2D eigenvalue weighted by Gasteiger charge is 1.93. The maximum absolute atomic E-state index is 8.99. The van der Waals surface area contributed by atoms with Crippen LogP contribution in [-0.4, -0.2) is 17.1 Å². The van der Waals surface area contributed by atoms with Crippen molar-refractivity contribution in [3.63, 3.8) is 0 Å². The van der Waals surface area contributed by atoms with Crippen LogP contribution in [0, 0.1) is 0 Å². The zero-order valence-electron chi connectivity index (χ0n) is 6.34. The molecule has 0 saturated heterocycles. The molecule has 0 aromatic carbocycles. The molecule has 0 aromatic heterocycles. The van der Waals surface area contributed by atoms with Crippen molar-refractivity contribution in [3.05, 3.63) is 23.8 Å². The fraction of sp³-hybridized carbons (Fsp3) is 0.500. The molecular weight excluding hydrogens is 148 g/mol. The third kappa shape index (κ3) is 4.59. The minimum atomic E-state index is -0.361. The van der Waals surface area contributed by atoms with Gasteiger partial charge in [-0.25, -0.2) is 0 Å². The van der Waals surface area contributed by atoms with Gasteiger partial charge in [-0.15, -0.1) is 11.6 Å². The van der Waals surface area contributed by atoms with Crippen LogP contribution in [0.1, 0.15) is 13.8 Å². The van der Waals surface area contributed by atoms with E-state index >= 15 is 0 Å². The van der Waals surface area contributed by atoms with Crippen LogP contribution in [0.15, 0.2) is 23.8 Å². The molecule has 0 aliphatic carbocycles. The fourth-order valence-corrected chi connectivity index (χ4v) is 0.513. The molecule has 10 heavy (non-hydrogen) atoms. The van der Waals surface area contributed by atoms with Gasteiger partial charge in [0.2, 0.25) is 0 Å². The molecule has 58 valence electrons. The Morgan fingerprint density at radius 3 is 2.70 bits per heavy atom. The standard InChI is InChI=1S/C8H13ClO/c1-7(8(2)10)5-3-4-6-9/h3-5,8,10H,6H2,1-2H3/b4-3-,7-5+. The Labute approximate surface area is 67.0 Å². The van der Waals surface area contributed by atoms with E-state index in [1.54, 1.807) is 6.92 Å². The number of aliphatic hydroxyl groups excluding tert-OH is 1. The van der Waals surface area contributed by atoms with Gasteiger partial charge in [0.05, 0.1) is 6.10 Å². The second kappa shape index (κ2) is 5.51. The van der Waals surface area contributed by atoms with Gasteiger partial charge in [-0.1, -0.05) is 18.2 Å². The Balaban J connectivity index is 3.79. The SMILES string of the molecule is C/C(=C\C=C/CCl)C(C)O. The van der Waals surface area contributed by atoms with Crippen LogP contribution < -0.4 is 0 Å². The van der Waals surface area contributed by atoms with Crippen molar-refractivity contribution >= 4 is 11.6 Å². The molecule has 0 fully saturated rings. The van der Waals surface area contributed by atoms with E-state index in [0.29, 0.717) is 5.88 Å². The second-order valence-corrected chi connectivity index (χ2v) is 2.48. The number of aliphatic hydroxyl groups is 1. The summed E-state index contributed by atoms with van der Waals surface area (Å²) in [7, 11) is 0. The monoisotopic (exact) mass is 160 g/mol. The number of hydrogen-bond acceptors (Lipinski definition) is 1. The molecule has 1 atom stereocenters. The predicted octanol–water partition coefficient (Wildman–Crippen LogP) is 2.11. The van der Waals surface area contributed by atoms with Gasteiger partial charge in [-0.3, -0.25) is 0 Å². The largest absolute Gasteiger partial charge is 0.389 e. The zero-order valence-corrected chi connectivity index (χ0v) is 7.10. The molecule has 0 amide bonds. The van der Waals surface area contributed by atoms with E-state index in [1.807, 2.05) is 25.2 Å². The van der Waals surface area contributed by atoms with E-state index in [4.69, 9.17) is 16.7 Å². The molecule has 1 unspecified atom stereocenters. The van der Waals surface area contributed by atoms with Gasteiger partial charge in [-0.05, 0) is 19.4 Å². The first kappa shape index (κ1) is 9.73. The van der Waals surface area contributed by atoms with Crippen LogP contribution in [-0.2, 0) is 0 Å². The van der Waals surface area contributed by atoms with Crippen LogP contribution in [0.2, 0.25) is 0 Å². The van der Waals surface area contributed by atoms with Crippen molar-refractivity contribution < 1.29 is 5.11 Å². The van der Waals surface area contributed by atoms with E-state index < -0.39 is 0 Å². The summed E-state index contributed by atoms with van der Waals surface area (Å²) < 4.78 is 0. The van der Waals surface area contributed by atoms with Crippen molar-refractivity contribution in [3.8, 4) is 0 Å². The Morgan fingerprint density at radius 2 is 2.30 bits per heavy atom. The number of rotatable bonds is 3. The molecule has 0 aliphatic heterocycles. The Bertz CT molecular complexity index is 136. The summed E-state index contributed by atoms with van der Waals surface area (Å²) in [6, 6.07) is 0. The molecular formula is C8H13ClO. The van der Waals surface area contributed by atoms with Crippen molar-refractivity contribution in [1.82, 2.24) is 0 Å². The summed E-state index contributed by atoms with van der Waals surface area (Å²) in [5, 5.41) is 8.99. The van der Waals surface area contributed by atoms with Crippen LogP contribution >= 0.6 is 11.6 Å². The fourth-order valence-electron chi connectivity index (χ4n) is 0.411. The third-order valence-corrected chi connectivity index (χ3v) is 1.42. The van der Waals surface area contributed by atoms with Crippen LogP contribution in [0.25, 0.3) is 0 Å². The van der Waals surface area contributed by atoms with Gasteiger partial charge in [0.1, 0.15) is 0 Å². The lowest BCUT2D eigenvalue weighted by Crippen LogP contribution is -1.99. The molecule has 1 nitrogen and oxygen atoms in total. The van der Waals surface area contributed by atoms with Gasteiger partial charge in [-0.2, -0.15) is 0 Å². The topological polar surface area (TPSA) is 20.2 Å². The lowest BCUT2D eigenvalue weighted by molar-refractivity contribution is 0.231. The Hall–Kier alpha value is -0.270. The number of halogens is 1. The van der Waals surface area contributed by atoms with Gasteiger partial charge in [0, 0.05) is 5.88 Å². The highest BCUT2D eigenvalue weighted by atomic mass is 35.5. The summed E-state index contributed by atoms with van der Waals surface area (Å²) in [6.07, 6.45) is 5.16. The van der Waals surface area contributed by atoms with Crippen molar-refractivity contribution in [2.75, 3.05) is 5.88 Å². The average molecular weight is 161 g/mol.